The molecule has 2 rings (SSSR count). The van der Waals surface area contributed by atoms with E-state index in [4.69, 9.17) is 0 Å². The lowest BCUT2D eigenvalue weighted by molar-refractivity contribution is 0.485. The summed E-state index contributed by atoms with van der Waals surface area (Å²) in [5, 5.41) is 5.44. The lowest BCUT2D eigenvalue weighted by Crippen LogP contribution is -2.39. The molecule has 0 saturated carbocycles. The minimum atomic E-state index is 0. The van der Waals surface area contributed by atoms with E-state index in [0.717, 1.165) is 30.4 Å². The van der Waals surface area contributed by atoms with Crippen LogP contribution < -0.4 is 5.32 Å². The van der Waals surface area contributed by atoms with Gasteiger partial charge in [0.05, 0.1) is 12.2 Å². The molecule has 0 spiro atoms. The molecule has 1 N–H and O–H groups in total. The molecule has 7 heteroatoms. The molecule has 5 nitrogen and oxygen atoms in total. The summed E-state index contributed by atoms with van der Waals surface area (Å²) < 4.78 is 0. The van der Waals surface area contributed by atoms with Gasteiger partial charge in [-0.2, -0.15) is 0 Å². The third-order valence-corrected chi connectivity index (χ3v) is 4.04. The fraction of sp³-hybridized carbons (Fsp3) is 0.400. The molecule has 0 aliphatic carbocycles. The van der Waals surface area contributed by atoms with Crippen molar-refractivity contribution in [3.8, 4) is 0 Å². The summed E-state index contributed by atoms with van der Waals surface area (Å²) in [6, 6.07) is 6.17. The number of likely N-dealkylation sites (N-methyl/N-ethyl adjacent to an activating group) is 1. The lowest BCUT2D eigenvalue weighted by Gasteiger charge is -2.21. The Morgan fingerprint density at radius 2 is 2.23 bits per heavy atom. The molecular weight excluding hydrogens is 409 g/mol. The molecule has 2 heterocycles. The largest absolute Gasteiger partial charge is 0.351 e. The average Bonchev–Trinajstić information content (AvgIpc) is 2.99. The van der Waals surface area contributed by atoms with Crippen LogP contribution in [0.1, 0.15) is 16.4 Å². The SMILES string of the molecule is CN=C(NCc1ccnc(C)n1)N(C)CCc1cccs1.I. The van der Waals surface area contributed by atoms with Crippen molar-refractivity contribution in [1.82, 2.24) is 20.2 Å². The van der Waals surface area contributed by atoms with Gasteiger partial charge in [-0.15, -0.1) is 35.3 Å². The number of thiophene rings is 1. The van der Waals surface area contributed by atoms with Crippen LogP contribution in [-0.4, -0.2) is 41.5 Å². The lowest BCUT2D eigenvalue weighted by atomic mass is 10.3. The molecule has 0 fully saturated rings. The number of nitrogens with zero attached hydrogens (tertiary/aromatic N) is 4. The van der Waals surface area contributed by atoms with Gasteiger partial charge in [0.1, 0.15) is 5.82 Å². The molecule has 0 saturated heterocycles. The van der Waals surface area contributed by atoms with Crippen molar-refractivity contribution in [3.05, 3.63) is 46.2 Å². The summed E-state index contributed by atoms with van der Waals surface area (Å²) in [4.78, 5) is 16.3. The highest BCUT2D eigenvalue weighted by Crippen LogP contribution is 2.09. The second kappa shape index (κ2) is 9.73. The minimum absolute atomic E-state index is 0. The monoisotopic (exact) mass is 431 g/mol. The molecule has 0 aliphatic rings. The molecule has 0 unspecified atom stereocenters. The molecule has 0 amide bonds. The van der Waals surface area contributed by atoms with Gasteiger partial charge in [0.15, 0.2) is 5.96 Å². The quantitative estimate of drug-likeness (QED) is 0.450. The van der Waals surface area contributed by atoms with Gasteiger partial charge in [0, 0.05) is 31.7 Å². The van der Waals surface area contributed by atoms with E-state index in [1.165, 1.54) is 4.88 Å². The molecule has 0 atom stereocenters. The van der Waals surface area contributed by atoms with Crippen LogP contribution in [0.4, 0.5) is 0 Å². The number of aryl methyl sites for hydroxylation is 1. The van der Waals surface area contributed by atoms with E-state index < -0.39 is 0 Å². The Balaban J connectivity index is 0.00000242. The first kappa shape index (κ1) is 18.8. The van der Waals surface area contributed by atoms with Crippen LogP contribution in [0.3, 0.4) is 0 Å². The molecule has 0 bridgehead atoms. The highest BCUT2D eigenvalue weighted by atomic mass is 127. The number of hydrogen-bond donors (Lipinski definition) is 1. The van der Waals surface area contributed by atoms with Gasteiger partial charge in [-0.05, 0) is 30.9 Å². The molecule has 2 aromatic rings. The smallest absolute Gasteiger partial charge is 0.193 e. The summed E-state index contributed by atoms with van der Waals surface area (Å²) >= 11 is 1.79. The molecule has 0 radical (unpaired) electrons. The zero-order valence-corrected chi connectivity index (χ0v) is 16.3. The second-order valence-corrected chi connectivity index (χ2v) is 5.78. The minimum Gasteiger partial charge on any atom is -0.351 e. The van der Waals surface area contributed by atoms with Gasteiger partial charge in [0.2, 0.25) is 0 Å². The highest BCUT2D eigenvalue weighted by molar-refractivity contribution is 14.0. The van der Waals surface area contributed by atoms with Crippen molar-refractivity contribution in [1.29, 1.82) is 0 Å². The van der Waals surface area contributed by atoms with E-state index in [-0.39, 0.29) is 24.0 Å². The van der Waals surface area contributed by atoms with Gasteiger partial charge >= 0.3 is 0 Å². The number of hydrogen-bond acceptors (Lipinski definition) is 4. The van der Waals surface area contributed by atoms with Crippen LogP contribution in [0, 0.1) is 6.92 Å². The number of nitrogens with one attached hydrogen (secondary N) is 1. The van der Waals surface area contributed by atoms with E-state index in [1.54, 1.807) is 24.6 Å². The Labute approximate surface area is 152 Å². The number of halogens is 1. The molecule has 2 aromatic heterocycles. The van der Waals surface area contributed by atoms with Crippen LogP contribution in [0.2, 0.25) is 0 Å². The van der Waals surface area contributed by atoms with Crippen molar-refractivity contribution < 1.29 is 0 Å². The van der Waals surface area contributed by atoms with Gasteiger partial charge in [-0.25, -0.2) is 9.97 Å². The van der Waals surface area contributed by atoms with Crippen molar-refractivity contribution in [2.75, 3.05) is 20.6 Å². The third-order valence-electron chi connectivity index (χ3n) is 3.11. The first-order valence-electron chi connectivity index (χ1n) is 6.91. The molecule has 0 aliphatic heterocycles. The van der Waals surface area contributed by atoms with Gasteiger partial charge < -0.3 is 10.2 Å². The maximum absolute atomic E-state index is 4.38. The number of aromatic nitrogens is 2. The van der Waals surface area contributed by atoms with Crippen molar-refractivity contribution in [3.63, 3.8) is 0 Å². The maximum atomic E-state index is 4.38. The van der Waals surface area contributed by atoms with Gasteiger partial charge in [-0.1, -0.05) is 6.07 Å². The predicted molar refractivity (Wildman–Crippen MR) is 103 cm³/mol. The predicted octanol–water partition coefficient (Wildman–Crippen LogP) is 2.71. The third kappa shape index (κ3) is 5.88. The maximum Gasteiger partial charge on any atom is 0.193 e. The Kier molecular flexibility index (Phi) is 8.32. The van der Waals surface area contributed by atoms with E-state index in [0.29, 0.717) is 6.54 Å². The summed E-state index contributed by atoms with van der Waals surface area (Å²) in [7, 11) is 3.85. The van der Waals surface area contributed by atoms with Crippen molar-refractivity contribution >= 4 is 41.3 Å². The molecule has 22 heavy (non-hydrogen) atoms. The van der Waals surface area contributed by atoms with Crippen LogP contribution in [0.15, 0.2) is 34.8 Å². The fourth-order valence-corrected chi connectivity index (χ4v) is 2.69. The van der Waals surface area contributed by atoms with Crippen LogP contribution in [-0.2, 0) is 13.0 Å². The average molecular weight is 431 g/mol. The molecule has 0 aromatic carbocycles. The standard InChI is InChI=1S/C15H21N5S.HI/c1-12-17-8-6-13(19-12)11-18-15(16-2)20(3)9-7-14-5-4-10-21-14;/h4-6,8,10H,7,9,11H2,1-3H3,(H,16,18);1H. The summed E-state index contributed by atoms with van der Waals surface area (Å²) in [6.45, 7) is 3.48. The van der Waals surface area contributed by atoms with Crippen LogP contribution in [0.5, 0.6) is 0 Å². The van der Waals surface area contributed by atoms with E-state index >= 15 is 0 Å². The normalized spacial score (nSPS) is 11.0. The summed E-state index contributed by atoms with van der Waals surface area (Å²) in [5.41, 5.74) is 0.968. The zero-order valence-electron chi connectivity index (χ0n) is 13.1. The Morgan fingerprint density at radius 3 is 2.86 bits per heavy atom. The zero-order chi connectivity index (χ0) is 15.1. The van der Waals surface area contributed by atoms with Crippen LogP contribution in [0.25, 0.3) is 0 Å². The topological polar surface area (TPSA) is 53.4 Å². The number of aliphatic imine (C=N–C) groups is 1. The van der Waals surface area contributed by atoms with E-state index in [2.05, 4.69) is 42.7 Å². The summed E-state index contributed by atoms with van der Waals surface area (Å²) in [6.07, 6.45) is 2.81. The first-order chi connectivity index (χ1) is 10.2. The van der Waals surface area contributed by atoms with Gasteiger partial charge in [-0.3, -0.25) is 4.99 Å². The Bertz CT molecular complexity index is 585. The Morgan fingerprint density at radius 1 is 1.41 bits per heavy atom. The van der Waals surface area contributed by atoms with E-state index in [9.17, 15) is 0 Å². The number of rotatable bonds is 5. The second-order valence-electron chi connectivity index (χ2n) is 4.75. The van der Waals surface area contributed by atoms with Gasteiger partial charge in [0.25, 0.3) is 0 Å². The fourth-order valence-electron chi connectivity index (χ4n) is 2.00. The van der Waals surface area contributed by atoms with E-state index in [1.807, 2.05) is 20.0 Å². The summed E-state index contributed by atoms with van der Waals surface area (Å²) in [5.74, 6) is 1.66. The van der Waals surface area contributed by atoms with Crippen molar-refractivity contribution in [2.24, 2.45) is 4.99 Å². The molecule has 120 valence electrons. The molecular formula is C15H22IN5S. The first-order valence-corrected chi connectivity index (χ1v) is 7.79. The van der Waals surface area contributed by atoms with Crippen molar-refractivity contribution in [2.45, 2.75) is 19.9 Å². The number of guanidine groups is 1. The van der Waals surface area contributed by atoms with Crippen LogP contribution >= 0.6 is 35.3 Å². The Hall–Kier alpha value is -1.22. The highest BCUT2D eigenvalue weighted by Gasteiger charge is 2.06.